The molecule has 188 valence electrons. The number of aromatic nitrogens is 2. The smallest absolute Gasteiger partial charge is 0.267 e. The van der Waals surface area contributed by atoms with Gasteiger partial charge in [-0.05, 0) is 45.0 Å². The number of rotatable bonds is 5. The van der Waals surface area contributed by atoms with Crippen molar-refractivity contribution in [1.29, 1.82) is 0 Å². The first-order chi connectivity index (χ1) is 17.4. The Morgan fingerprint density at radius 2 is 1.67 bits per heavy atom. The third-order valence-corrected chi connectivity index (χ3v) is 6.67. The van der Waals surface area contributed by atoms with E-state index in [1.54, 1.807) is 11.0 Å². The lowest BCUT2D eigenvalue weighted by molar-refractivity contribution is -0.143. The van der Waals surface area contributed by atoms with Crippen LogP contribution in [0.1, 0.15) is 17.0 Å². The second-order valence-corrected chi connectivity index (χ2v) is 9.31. The molecule has 9 nitrogen and oxygen atoms in total. The molecule has 1 fully saturated rings. The molecule has 1 N–H and O–H groups in total. The molecule has 1 saturated heterocycles. The maximum atomic E-state index is 13.0. The highest BCUT2D eigenvalue weighted by atomic mass is 16.6. The van der Waals surface area contributed by atoms with E-state index in [0.29, 0.717) is 37.7 Å². The fraction of sp³-hybridized carbons (Fsp3) is 0.370. The number of nitrogens with one attached hydrogen (secondary N) is 1. The minimum absolute atomic E-state index is 0.0802. The van der Waals surface area contributed by atoms with Crippen LogP contribution in [0.15, 0.2) is 48.5 Å². The summed E-state index contributed by atoms with van der Waals surface area (Å²) in [6.07, 6.45) is -0.647. The quantitative estimate of drug-likeness (QED) is 0.593. The summed E-state index contributed by atoms with van der Waals surface area (Å²) in [5, 5.41) is 7.66. The highest BCUT2D eigenvalue weighted by Gasteiger charge is 2.33. The van der Waals surface area contributed by atoms with Gasteiger partial charge in [0.05, 0.1) is 29.3 Å². The Bertz CT molecular complexity index is 1260. The number of benzene rings is 2. The number of anilines is 1. The summed E-state index contributed by atoms with van der Waals surface area (Å²) in [7, 11) is 0. The van der Waals surface area contributed by atoms with E-state index in [0.717, 1.165) is 22.8 Å². The van der Waals surface area contributed by atoms with E-state index in [4.69, 9.17) is 9.47 Å². The van der Waals surface area contributed by atoms with Gasteiger partial charge in [0.25, 0.3) is 5.91 Å². The molecule has 2 aliphatic heterocycles. The normalized spacial score (nSPS) is 17.6. The third kappa shape index (κ3) is 4.92. The Balaban J connectivity index is 1.14. The molecule has 3 aromatic rings. The third-order valence-electron chi connectivity index (χ3n) is 6.67. The minimum Gasteiger partial charge on any atom is -0.485 e. The average molecular weight is 490 g/mol. The zero-order valence-electron chi connectivity index (χ0n) is 20.9. The molecule has 1 atom stereocenters. The van der Waals surface area contributed by atoms with Gasteiger partial charge in [-0.3, -0.25) is 14.5 Å². The Kier molecular flexibility index (Phi) is 6.65. The van der Waals surface area contributed by atoms with E-state index in [1.165, 1.54) is 5.56 Å². The topological polar surface area (TPSA) is 88.9 Å². The summed E-state index contributed by atoms with van der Waals surface area (Å²) in [6.45, 7) is 8.66. The van der Waals surface area contributed by atoms with E-state index in [2.05, 4.69) is 15.3 Å². The summed E-state index contributed by atoms with van der Waals surface area (Å²) in [6, 6.07) is 15.5. The van der Waals surface area contributed by atoms with Crippen molar-refractivity contribution >= 4 is 17.5 Å². The van der Waals surface area contributed by atoms with Gasteiger partial charge in [0.1, 0.15) is 6.61 Å². The SMILES string of the molecule is Cc1ccc(-n2nc(C)c(NC(=O)CN3CCN(C(=O)[C@@H]4COc5ccccc5O4)CC3)c2C)cc1. The van der Waals surface area contributed by atoms with Crippen LogP contribution in [-0.4, -0.2) is 76.8 Å². The molecule has 2 amide bonds. The van der Waals surface area contributed by atoms with Crippen LogP contribution in [0, 0.1) is 20.8 Å². The van der Waals surface area contributed by atoms with Gasteiger partial charge in [-0.2, -0.15) is 5.10 Å². The maximum absolute atomic E-state index is 13.0. The van der Waals surface area contributed by atoms with Crippen LogP contribution in [0.3, 0.4) is 0 Å². The number of para-hydroxylation sites is 2. The largest absolute Gasteiger partial charge is 0.485 e. The van der Waals surface area contributed by atoms with Gasteiger partial charge in [0.15, 0.2) is 11.5 Å². The van der Waals surface area contributed by atoms with Crippen LogP contribution in [0.4, 0.5) is 5.69 Å². The lowest BCUT2D eigenvalue weighted by Gasteiger charge is -2.36. The molecule has 0 aliphatic carbocycles. The van der Waals surface area contributed by atoms with Crippen LogP contribution < -0.4 is 14.8 Å². The first-order valence-corrected chi connectivity index (χ1v) is 12.2. The summed E-state index contributed by atoms with van der Waals surface area (Å²) in [4.78, 5) is 29.7. The zero-order chi connectivity index (χ0) is 25.2. The molecule has 0 bridgehead atoms. The van der Waals surface area contributed by atoms with Crippen LogP contribution in [0.25, 0.3) is 5.69 Å². The number of nitrogens with zero attached hydrogens (tertiary/aromatic N) is 4. The number of amides is 2. The van der Waals surface area contributed by atoms with Crippen molar-refractivity contribution in [2.75, 3.05) is 44.6 Å². The van der Waals surface area contributed by atoms with Crippen molar-refractivity contribution in [1.82, 2.24) is 19.6 Å². The molecule has 9 heteroatoms. The fourth-order valence-electron chi connectivity index (χ4n) is 4.61. The van der Waals surface area contributed by atoms with Gasteiger partial charge in [0.2, 0.25) is 12.0 Å². The van der Waals surface area contributed by atoms with E-state index >= 15 is 0 Å². The highest BCUT2D eigenvalue weighted by molar-refractivity contribution is 5.93. The molecular weight excluding hydrogens is 458 g/mol. The fourth-order valence-corrected chi connectivity index (χ4v) is 4.61. The number of piperazine rings is 1. The number of hydrogen-bond acceptors (Lipinski definition) is 6. The zero-order valence-corrected chi connectivity index (χ0v) is 20.9. The van der Waals surface area contributed by atoms with E-state index in [1.807, 2.05) is 67.9 Å². The number of carbonyl (C=O) groups excluding carboxylic acids is 2. The molecule has 0 unspecified atom stereocenters. The molecule has 1 aromatic heterocycles. The standard InChI is InChI=1S/C27H31N5O4/c1-18-8-10-21(11-9-18)32-20(3)26(19(2)29-32)28-25(33)16-30-12-14-31(15-13-30)27(34)24-17-35-22-6-4-5-7-23(22)36-24/h4-11,24H,12-17H2,1-3H3,(H,28,33)/t24-/m0/s1. The Labute approximate surface area is 210 Å². The predicted octanol–water partition coefficient (Wildman–Crippen LogP) is 2.72. The Hall–Kier alpha value is -3.85. The lowest BCUT2D eigenvalue weighted by atomic mass is 10.2. The summed E-state index contributed by atoms with van der Waals surface area (Å²) in [5.41, 5.74) is 4.53. The maximum Gasteiger partial charge on any atom is 0.267 e. The van der Waals surface area contributed by atoms with Gasteiger partial charge in [-0.15, -0.1) is 0 Å². The van der Waals surface area contributed by atoms with Crippen LogP contribution in [0.5, 0.6) is 11.5 Å². The predicted molar refractivity (Wildman–Crippen MR) is 136 cm³/mol. The molecular formula is C27H31N5O4. The molecule has 0 spiro atoms. The van der Waals surface area contributed by atoms with E-state index < -0.39 is 6.10 Å². The second kappa shape index (κ2) is 10.0. The minimum atomic E-state index is -0.647. The second-order valence-electron chi connectivity index (χ2n) is 9.31. The van der Waals surface area contributed by atoms with Crippen molar-refractivity contribution in [3.05, 3.63) is 65.5 Å². The first-order valence-electron chi connectivity index (χ1n) is 12.2. The van der Waals surface area contributed by atoms with E-state index in [-0.39, 0.29) is 25.0 Å². The number of ether oxygens (including phenoxy) is 2. The average Bonchev–Trinajstić information content (AvgIpc) is 3.17. The van der Waals surface area contributed by atoms with Crippen molar-refractivity contribution < 1.29 is 19.1 Å². The number of aryl methyl sites for hydroxylation is 2. The highest BCUT2D eigenvalue weighted by Crippen LogP contribution is 2.31. The van der Waals surface area contributed by atoms with Crippen LogP contribution in [0.2, 0.25) is 0 Å². The van der Waals surface area contributed by atoms with Gasteiger partial charge in [0, 0.05) is 26.2 Å². The summed E-state index contributed by atoms with van der Waals surface area (Å²) in [5.74, 6) is 1.08. The molecule has 0 saturated carbocycles. The number of fused-ring (bicyclic) bond motifs is 1. The summed E-state index contributed by atoms with van der Waals surface area (Å²) >= 11 is 0. The number of carbonyl (C=O) groups is 2. The van der Waals surface area contributed by atoms with Crippen LogP contribution in [-0.2, 0) is 9.59 Å². The molecule has 2 aliphatic rings. The molecule has 2 aromatic carbocycles. The lowest BCUT2D eigenvalue weighted by Crippen LogP contribution is -2.54. The van der Waals surface area contributed by atoms with Crippen molar-refractivity contribution in [3.8, 4) is 17.2 Å². The van der Waals surface area contributed by atoms with Gasteiger partial charge in [-0.1, -0.05) is 29.8 Å². The molecule has 36 heavy (non-hydrogen) atoms. The summed E-state index contributed by atoms with van der Waals surface area (Å²) < 4.78 is 13.4. The van der Waals surface area contributed by atoms with Crippen molar-refractivity contribution in [2.45, 2.75) is 26.9 Å². The monoisotopic (exact) mass is 489 g/mol. The Morgan fingerprint density at radius 1 is 0.972 bits per heavy atom. The Morgan fingerprint density at radius 3 is 2.39 bits per heavy atom. The molecule has 3 heterocycles. The number of hydrogen-bond donors (Lipinski definition) is 1. The molecule has 0 radical (unpaired) electrons. The van der Waals surface area contributed by atoms with Crippen LogP contribution >= 0.6 is 0 Å². The van der Waals surface area contributed by atoms with Crippen molar-refractivity contribution in [2.24, 2.45) is 0 Å². The van der Waals surface area contributed by atoms with Gasteiger partial charge < -0.3 is 19.7 Å². The van der Waals surface area contributed by atoms with Gasteiger partial charge in [-0.25, -0.2) is 4.68 Å². The van der Waals surface area contributed by atoms with Crippen molar-refractivity contribution in [3.63, 3.8) is 0 Å². The molecule has 5 rings (SSSR count). The van der Waals surface area contributed by atoms with E-state index in [9.17, 15) is 9.59 Å². The first kappa shape index (κ1) is 23.9. The van der Waals surface area contributed by atoms with Gasteiger partial charge >= 0.3 is 0 Å².